The van der Waals surface area contributed by atoms with Crippen LogP contribution in [0.4, 0.5) is 0 Å². The molecular weight excluding hydrogens is 220 g/mol. The molecule has 2 aromatic rings. The number of aromatic hydroxyl groups is 1. The number of aromatic nitrogens is 2. The zero-order valence-corrected chi connectivity index (χ0v) is 9.42. The minimum atomic E-state index is 0.114. The predicted molar refractivity (Wildman–Crippen MR) is 66.8 cm³/mol. The van der Waals surface area contributed by atoms with Gasteiger partial charge in [-0.1, -0.05) is 42.5 Å². The van der Waals surface area contributed by atoms with E-state index in [0.29, 0.717) is 16.9 Å². The Balaban J connectivity index is 2.05. The number of hydrogen-bond donors (Lipinski definition) is 3. The molecule has 0 amide bonds. The Hall–Kier alpha value is -1.81. The highest BCUT2D eigenvalue weighted by atomic mass is 32.1. The maximum atomic E-state index is 9.44. The Morgan fingerprint density at radius 3 is 2.56 bits per heavy atom. The van der Waals surface area contributed by atoms with E-state index in [9.17, 15) is 5.11 Å². The van der Waals surface area contributed by atoms with Gasteiger partial charge in [0.05, 0.1) is 5.69 Å². The summed E-state index contributed by atoms with van der Waals surface area (Å²) in [5.41, 5.74) is 1.84. The van der Waals surface area contributed by atoms with Crippen molar-refractivity contribution in [3.05, 3.63) is 52.4 Å². The molecule has 0 saturated carbocycles. The molecule has 16 heavy (non-hydrogen) atoms. The van der Waals surface area contributed by atoms with Crippen LogP contribution in [0.3, 0.4) is 0 Å². The van der Waals surface area contributed by atoms with E-state index in [-0.39, 0.29) is 5.88 Å². The van der Waals surface area contributed by atoms with Crippen LogP contribution >= 0.6 is 12.2 Å². The largest absolute Gasteiger partial charge is 0.493 e. The van der Waals surface area contributed by atoms with E-state index in [1.807, 2.05) is 42.5 Å². The monoisotopic (exact) mass is 232 g/mol. The Morgan fingerprint density at radius 1 is 1.19 bits per heavy atom. The van der Waals surface area contributed by atoms with Crippen molar-refractivity contribution < 1.29 is 5.11 Å². The smallest absolute Gasteiger partial charge is 0.210 e. The van der Waals surface area contributed by atoms with Crippen LogP contribution in [-0.2, 0) is 6.42 Å². The van der Waals surface area contributed by atoms with Gasteiger partial charge in [0, 0.05) is 6.42 Å². The second-order valence-electron chi connectivity index (χ2n) is 3.42. The van der Waals surface area contributed by atoms with E-state index >= 15 is 0 Å². The number of imidazole rings is 1. The summed E-state index contributed by atoms with van der Waals surface area (Å²) in [6.45, 7) is 0. The van der Waals surface area contributed by atoms with Crippen LogP contribution in [0.1, 0.15) is 11.3 Å². The van der Waals surface area contributed by atoms with Crippen molar-refractivity contribution in [2.45, 2.75) is 6.42 Å². The highest BCUT2D eigenvalue weighted by Crippen LogP contribution is 2.12. The topological polar surface area (TPSA) is 51.8 Å². The van der Waals surface area contributed by atoms with E-state index in [4.69, 9.17) is 12.2 Å². The molecule has 0 aliphatic heterocycles. The minimum absolute atomic E-state index is 0.114. The van der Waals surface area contributed by atoms with Crippen LogP contribution in [0.15, 0.2) is 36.4 Å². The van der Waals surface area contributed by atoms with Crippen LogP contribution in [0.25, 0.3) is 6.08 Å². The molecule has 0 bridgehead atoms. The number of hydrogen-bond acceptors (Lipinski definition) is 2. The lowest BCUT2D eigenvalue weighted by atomic mass is 10.2. The van der Waals surface area contributed by atoms with Crippen molar-refractivity contribution in [3.8, 4) is 5.88 Å². The molecule has 1 aromatic carbocycles. The summed E-state index contributed by atoms with van der Waals surface area (Å²) >= 11 is 4.87. The maximum Gasteiger partial charge on any atom is 0.210 e. The Labute approximate surface area is 98.5 Å². The summed E-state index contributed by atoms with van der Waals surface area (Å²) in [5, 5.41) is 9.44. The molecule has 1 aromatic heterocycles. The molecule has 0 radical (unpaired) electrons. The van der Waals surface area contributed by atoms with Gasteiger partial charge in [-0.05, 0) is 17.8 Å². The summed E-state index contributed by atoms with van der Waals surface area (Å²) < 4.78 is 0.445. The molecule has 82 valence electrons. The van der Waals surface area contributed by atoms with E-state index in [0.717, 1.165) is 5.56 Å². The molecule has 0 saturated heterocycles. The summed E-state index contributed by atoms with van der Waals surface area (Å²) in [6.07, 6.45) is 4.60. The lowest BCUT2D eigenvalue weighted by Crippen LogP contribution is -1.81. The van der Waals surface area contributed by atoms with Crippen molar-refractivity contribution in [3.63, 3.8) is 0 Å². The standard InChI is InChI=1S/C12H12N2OS/c15-11-10(13-12(16)14-11)8-4-7-9-5-2-1-3-6-9/h1-7,15H,8H2,(H2,13,14,16). The number of nitrogens with one attached hydrogen (secondary N) is 2. The zero-order chi connectivity index (χ0) is 11.4. The highest BCUT2D eigenvalue weighted by molar-refractivity contribution is 7.71. The van der Waals surface area contributed by atoms with Crippen LogP contribution in [0.2, 0.25) is 0 Å². The molecule has 3 nitrogen and oxygen atoms in total. The van der Waals surface area contributed by atoms with E-state index in [2.05, 4.69) is 9.97 Å². The van der Waals surface area contributed by atoms with Gasteiger partial charge in [-0.15, -0.1) is 0 Å². The van der Waals surface area contributed by atoms with Gasteiger partial charge in [0.1, 0.15) is 0 Å². The van der Waals surface area contributed by atoms with E-state index in [1.54, 1.807) is 0 Å². The quantitative estimate of drug-likeness (QED) is 0.712. The van der Waals surface area contributed by atoms with Gasteiger partial charge in [0.2, 0.25) is 5.88 Å². The minimum Gasteiger partial charge on any atom is -0.493 e. The second-order valence-corrected chi connectivity index (χ2v) is 3.83. The molecule has 0 unspecified atom stereocenters. The van der Waals surface area contributed by atoms with Crippen molar-refractivity contribution in [1.29, 1.82) is 0 Å². The molecule has 0 aliphatic carbocycles. The third-order valence-corrected chi connectivity index (χ3v) is 2.42. The van der Waals surface area contributed by atoms with Gasteiger partial charge >= 0.3 is 0 Å². The third-order valence-electron chi connectivity index (χ3n) is 2.21. The normalized spacial score (nSPS) is 11.0. The Bertz CT molecular complexity index is 540. The van der Waals surface area contributed by atoms with Gasteiger partial charge < -0.3 is 15.1 Å². The van der Waals surface area contributed by atoms with Gasteiger partial charge in [-0.25, -0.2) is 0 Å². The summed E-state index contributed by atoms with van der Waals surface area (Å²) in [5.74, 6) is 0.114. The number of benzene rings is 1. The summed E-state index contributed by atoms with van der Waals surface area (Å²) in [7, 11) is 0. The molecule has 3 N–H and O–H groups in total. The number of aromatic amines is 2. The first-order valence-corrected chi connectivity index (χ1v) is 5.38. The van der Waals surface area contributed by atoms with Crippen molar-refractivity contribution >= 4 is 18.3 Å². The summed E-state index contributed by atoms with van der Waals surface area (Å²) in [6, 6.07) is 10.00. The van der Waals surface area contributed by atoms with Crippen LogP contribution in [0, 0.1) is 4.77 Å². The predicted octanol–water partition coefficient (Wildman–Crippen LogP) is 3.03. The Kier molecular flexibility index (Phi) is 3.22. The maximum absolute atomic E-state index is 9.44. The van der Waals surface area contributed by atoms with E-state index in [1.165, 1.54) is 0 Å². The third kappa shape index (κ3) is 2.61. The fourth-order valence-electron chi connectivity index (χ4n) is 1.44. The van der Waals surface area contributed by atoms with Crippen molar-refractivity contribution in [2.75, 3.05) is 0 Å². The first-order valence-electron chi connectivity index (χ1n) is 4.97. The van der Waals surface area contributed by atoms with Gasteiger partial charge in [-0.2, -0.15) is 0 Å². The van der Waals surface area contributed by atoms with Crippen LogP contribution in [-0.4, -0.2) is 15.1 Å². The average Bonchev–Trinajstić information content (AvgIpc) is 2.59. The number of rotatable bonds is 3. The zero-order valence-electron chi connectivity index (χ0n) is 8.60. The van der Waals surface area contributed by atoms with Crippen LogP contribution < -0.4 is 0 Å². The lowest BCUT2D eigenvalue weighted by molar-refractivity contribution is 0.450. The first-order chi connectivity index (χ1) is 7.75. The van der Waals surface area contributed by atoms with Gasteiger partial charge in [0.25, 0.3) is 0 Å². The number of H-pyrrole nitrogens is 2. The van der Waals surface area contributed by atoms with Crippen molar-refractivity contribution in [2.24, 2.45) is 0 Å². The first kappa shape index (κ1) is 10.7. The SMILES string of the molecule is Oc1[nH]c(=S)[nH]c1CC=Cc1ccccc1. The van der Waals surface area contributed by atoms with Crippen molar-refractivity contribution in [1.82, 2.24) is 9.97 Å². The molecule has 1 heterocycles. The fraction of sp³-hybridized carbons (Fsp3) is 0.0833. The van der Waals surface area contributed by atoms with Gasteiger partial charge in [0.15, 0.2) is 4.77 Å². The molecule has 0 aliphatic rings. The lowest BCUT2D eigenvalue weighted by Gasteiger charge is -1.93. The molecule has 0 spiro atoms. The van der Waals surface area contributed by atoms with E-state index < -0.39 is 0 Å². The molecule has 4 heteroatoms. The average molecular weight is 232 g/mol. The molecule has 2 rings (SSSR count). The second kappa shape index (κ2) is 4.81. The highest BCUT2D eigenvalue weighted by Gasteiger charge is 2.00. The number of allylic oxidation sites excluding steroid dienone is 1. The fourth-order valence-corrected chi connectivity index (χ4v) is 1.66. The molecule has 0 atom stereocenters. The van der Waals surface area contributed by atoms with Gasteiger partial charge in [-0.3, -0.25) is 0 Å². The Morgan fingerprint density at radius 2 is 1.94 bits per heavy atom. The molecule has 0 fully saturated rings. The molecular formula is C12H12N2OS. The summed E-state index contributed by atoms with van der Waals surface area (Å²) in [4.78, 5) is 5.53. The van der Waals surface area contributed by atoms with Crippen LogP contribution in [0.5, 0.6) is 5.88 Å².